The summed E-state index contributed by atoms with van der Waals surface area (Å²) in [5, 5.41) is 8.93. The number of hydrogen-bond donors (Lipinski definition) is 0. The fourth-order valence-electron chi connectivity index (χ4n) is 1.45. The largest absolute Gasteiger partial charge is 0.192 e. The van der Waals surface area contributed by atoms with Gasteiger partial charge in [-0.2, -0.15) is 5.26 Å². The fraction of sp³-hybridized carbons (Fsp3) is 0. The monoisotopic (exact) mass is 215 g/mol. The van der Waals surface area contributed by atoms with Gasteiger partial charge in [-0.1, -0.05) is 48.5 Å². The Morgan fingerprint density at radius 1 is 0.800 bits per heavy atom. The molecule has 0 aliphatic rings. The normalized spacial score (nSPS) is 8.73. The molecule has 0 fully saturated rings. The van der Waals surface area contributed by atoms with E-state index in [-0.39, 0.29) is 12.4 Å². The molecule has 0 atom stereocenters. The summed E-state index contributed by atoms with van der Waals surface area (Å²) in [7, 11) is 0. The van der Waals surface area contributed by atoms with Crippen molar-refractivity contribution in [2.75, 3.05) is 0 Å². The smallest absolute Gasteiger partial charge is 0.0998 e. The van der Waals surface area contributed by atoms with Gasteiger partial charge in [0.15, 0.2) is 0 Å². The van der Waals surface area contributed by atoms with Gasteiger partial charge in [-0.15, -0.1) is 12.4 Å². The van der Waals surface area contributed by atoms with Crippen LogP contribution in [-0.4, -0.2) is 0 Å². The van der Waals surface area contributed by atoms with E-state index in [0.717, 1.165) is 16.7 Å². The molecule has 0 saturated carbocycles. The molecule has 0 aliphatic heterocycles. The summed E-state index contributed by atoms with van der Waals surface area (Å²) in [6.07, 6.45) is 0. The van der Waals surface area contributed by atoms with E-state index in [1.165, 1.54) is 0 Å². The van der Waals surface area contributed by atoms with E-state index < -0.39 is 0 Å². The Morgan fingerprint density at radius 3 is 2.07 bits per heavy atom. The predicted octanol–water partition coefficient (Wildman–Crippen LogP) is 3.65. The SMILES string of the molecule is Cl.N#Cc1ccccc1-c1ccccc1. The van der Waals surface area contributed by atoms with Gasteiger partial charge >= 0.3 is 0 Å². The van der Waals surface area contributed by atoms with E-state index in [4.69, 9.17) is 5.26 Å². The average molecular weight is 216 g/mol. The Labute approximate surface area is 95.4 Å². The lowest BCUT2D eigenvalue weighted by atomic mass is 10.0. The highest BCUT2D eigenvalue weighted by Gasteiger charge is 2.01. The molecular weight excluding hydrogens is 206 g/mol. The van der Waals surface area contributed by atoms with Crippen molar-refractivity contribution >= 4 is 12.4 Å². The van der Waals surface area contributed by atoms with Crippen LogP contribution >= 0.6 is 12.4 Å². The van der Waals surface area contributed by atoms with E-state index in [2.05, 4.69) is 6.07 Å². The van der Waals surface area contributed by atoms with Crippen LogP contribution in [0.3, 0.4) is 0 Å². The number of hydrogen-bond acceptors (Lipinski definition) is 1. The molecule has 0 aliphatic carbocycles. The van der Waals surface area contributed by atoms with Crippen molar-refractivity contribution in [1.82, 2.24) is 0 Å². The van der Waals surface area contributed by atoms with Crippen LogP contribution in [0.15, 0.2) is 54.6 Å². The van der Waals surface area contributed by atoms with Crippen LogP contribution in [-0.2, 0) is 0 Å². The molecule has 0 N–H and O–H groups in total. The highest BCUT2D eigenvalue weighted by molar-refractivity contribution is 5.85. The van der Waals surface area contributed by atoms with Crippen LogP contribution in [0.25, 0.3) is 11.1 Å². The second kappa shape index (κ2) is 5.19. The molecule has 0 bridgehead atoms. The van der Waals surface area contributed by atoms with Gasteiger partial charge in [-0.25, -0.2) is 0 Å². The molecule has 2 heteroatoms. The Kier molecular flexibility index (Phi) is 3.91. The van der Waals surface area contributed by atoms with Gasteiger partial charge in [0.1, 0.15) is 0 Å². The second-order valence-electron chi connectivity index (χ2n) is 3.02. The molecule has 2 aromatic carbocycles. The van der Waals surface area contributed by atoms with E-state index in [9.17, 15) is 0 Å². The summed E-state index contributed by atoms with van der Waals surface area (Å²) in [6.45, 7) is 0. The maximum atomic E-state index is 8.93. The highest BCUT2D eigenvalue weighted by atomic mass is 35.5. The maximum absolute atomic E-state index is 8.93. The molecular formula is C13H10ClN. The van der Waals surface area contributed by atoms with Gasteiger partial charge in [0.2, 0.25) is 0 Å². The summed E-state index contributed by atoms with van der Waals surface area (Å²) < 4.78 is 0. The van der Waals surface area contributed by atoms with E-state index in [1.54, 1.807) is 0 Å². The molecule has 0 spiro atoms. The zero-order chi connectivity index (χ0) is 9.80. The Bertz CT molecular complexity index is 471. The molecule has 0 amide bonds. The third kappa shape index (κ3) is 2.37. The van der Waals surface area contributed by atoms with Crippen LogP contribution in [0.4, 0.5) is 0 Å². The topological polar surface area (TPSA) is 23.8 Å². The van der Waals surface area contributed by atoms with Gasteiger partial charge in [0, 0.05) is 0 Å². The van der Waals surface area contributed by atoms with E-state index >= 15 is 0 Å². The van der Waals surface area contributed by atoms with Crippen molar-refractivity contribution in [3.05, 3.63) is 60.2 Å². The van der Waals surface area contributed by atoms with Crippen molar-refractivity contribution in [3.63, 3.8) is 0 Å². The molecule has 2 rings (SSSR count). The Balaban J connectivity index is 0.00000112. The lowest BCUT2D eigenvalue weighted by molar-refractivity contribution is 1.48. The second-order valence-corrected chi connectivity index (χ2v) is 3.02. The highest BCUT2D eigenvalue weighted by Crippen LogP contribution is 2.22. The summed E-state index contributed by atoms with van der Waals surface area (Å²) in [6, 6.07) is 19.8. The molecule has 0 unspecified atom stereocenters. The number of halogens is 1. The number of nitrogens with zero attached hydrogens (tertiary/aromatic N) is 1. The predicted molar refractivity (Wildman–Crippen MR) is 63.8 cm³/mol. The molecule has 0 heterocycles. The minimum Gasteiger partial charge on any atom is -0.192 e. The lowest BCUT2D eigenvalue weighted by Crippen LogP contribution is -1.82. The zero-order valence-electron chi connectivity index (χ0n) is 8.05. The third-order valence-corrected chi connectivity index (χ3v) is 2.13. The van der Waals surface area contributed by atoms with Crippen LogP contribution in [0.1, 0.15) is 5.56 Å². The van der Waals surface area contributed by atoms with Crippen LogP contribution in [0.2, 0.25) is 0 Å². The first kappa shape index (κ1) is 11.3. The molecule has 1 nitrogen and oxygen atoms in total. The average Bonchev–Trinajstić information content (AvgIpc) is 2.30. The van der Waals surface area contributed by atoms with Crippen molar-refractivity contribution in [1.29, 1.82) is 5.26 Å². The van der Waals surface area contributed by atoms with Crippen LogP contribution < -0.4 is 0 Å². The summed E-state index contributed by atoms with van der Waals surface area (Å²) in [5.74, 6) is 0. The minimum atomic E-state index is 0. The Hall–Kier alpha value is -1.78. The summed E-state index contributed by atoms with van der Waals surface area (Å²) in [4.78, 5) is 0. The molecule has 0 saturated heterocycles. The van der Waals surface area contributed by atoms with Crippen molar-refractivity contribution in [2.24, 2.45) is 0 Å². The van der Waals surface area contributed by atoms with Gasteiger partial charge in [-0.05, 0) is 17.2 Å². The molecule has 74 valence electrons. The zero-order valence-corrected chi connectivity index (χ0v) is 8.87. The van der Waals surface area contributed by atoms with Crippen molar-refractivity contribution in [3.8, 4) is 17.2 Å². The van der Waals surface area contributed by atoms with Crippen molar-refractivity contribution < 1.29 is 0 Å². The first-order chi connectivity index (χ1) is 6.92. The molecule has 15 heavy (non-hydrogen) atoms. The summed E-state index contributed by atoms with van der Waals surface area (Å²) >= 11 is 0. The molecule has 0 aromatic heterocycles. The molecule has 0 radical (unpaired) electrons. The first-order valence-corrected chi connectivity index (χ1v) is 4.46. The van der Waals surface area contributed by atoms with Gasteiger partial charge < -0.3 is 0 Å². The van der Waals surface area contributed by atoms with Gasteiger partial charge in [0.25, 0.3) is 0 Å². The maximum Gasteiger partial charge on any atom is 0.0998 e. The number of benzene rings is 2. The van der Waals surface area contributed by atoms with E-state index in [0.29, 0.717) is 0 Å². The fourth-order valence-corrected chi connectivity index (χ4v) is 1.45. The number of nitriles is 1. The standard InChI is InChI=1S/C13H9N.ClH/c14-10-12-8-4-5-9-13(12)11-6-2-1-3-7-11;/h1-9H;1H. The minimum absolute atomic E-state index is 0. The lowest BCUT2D eigenvalue weighted by Gasteiger charge is -2.02. The third-order valence-electron chi connectivity index (χ3n) is 2.13. The first-order valence-electron chi connectivity index (χ1n) is 4.46. The molecule has 2 aromatic rings. The quantitative estimate of drug-likeness (QED) is 0.713. The van der Waals surface area contributed by atoms with Crippen molar-refractivity contribution in [2.45, 2.75) is 0 Å². The summed E-state index contributed by atoms with van der Waals surface area (Å²) in [5.41, 5.74) is 2.80. The van der Waals surface area contributed by atoms with Crippen LogP contribution in [0, 0.1) is 11.3 Å². The van der Waals surface area contributed by atoms with Gasteiger partial charge in [-0.3, -0.25) is 0 Å². The van der Waals surface area contributed by atoms with Crippen LogP contribution in [0.5, 0.6) is 0 Å². The van der Waals surface area contributed by atoms with Gasteiger partial charge in [0.05, 0.1) is 11.6 Å². The number of rotatable bonds is 1. The van der Waals surface area contributed by atoms with E-state index in [1.807, 2.05) is 54.6 Å². The Morgan fingerprint density at radius 2 is 1.40 bits per heavy atom.